The number of aromatic nitrogens is 1. The monoisotopic (exact) mass is 317 g/mol. The van der Waals surface area contributed by atoms with Crippen molar-refractivity contribution in [1.82, 2.24) is 15.6 Å². The van der Waals surface area contributed by atoms with Crippen LogP contribution in [0, 0.1) is 12.8 Å². The van der Waals surface area contributed by atoms with Gasteiger partial charge in [-0.1, -0.05) is 32.0 Å². The lowest BCUT2D eigenvalue weighted by atomic mass is 10.0. The van der Waals surface area contributed by atoms with Crippen LogP contribution >= 0.6 is 0 Å². The third-order valence-electron chi connectivity index (χ3n) is 4.25. The van der Waals surface area contributed by atoms with Crippen LogP contribution in [-0.2, 0) is 6.42 Å². The van der Waals surface area contributed by atoms with E-state index in [2.05, 4.69) is 40.7 Å². The van der Waals surface area contributed by atoms with Gasteiger partial charge in [-0.15, -0.1) is 0 Å². The second kappa shape index (κ2) is 8.02. The Morgan fingerprint density at radius 2 is 2.13 bits per heavy atom. The minimum absolute atomic E-state index is 0.00395. The van der Waals surface area contributed by atoms with Crippen molar-refractivity contribution in [2.45, 2.75) is 39.7 Å². The van der Waals surface area contributed by atoms with Crippen LogP contribution in [0.4, 0.5) is 4.79 Å². The van der Waals surface area contributed by atoms with Crippen molar-refractivity contribution in [2.75, 3.05) is 13.2 Å². The van der Waals surface area contributed by atoms with Crippen molar-refractivity contribution < 1.29 is 9.90 Å². The van der Waals surface area contributed by atoms with Gasteiger partial charge in [-0.3, -0.25) is 0 Å². The molecule has 0 radical (unpaired) electrons. The normalized spacial score (nSPS) is 12.6. The van der Waals surface area contributed by atoms with E-state index in [1.54, 1.807) is 0 Å². The number of nitrogens with one attached hydrogen (secondary N) is 3. The maximum atomic E-state index is 12.0. The van der Waals surface area contributed by atoms with E-state index < -0.39 is 0 Å². The molecule has 1 atom stereocenters. The van der Waals surface area contributed by atoms with Gasteiger partial charge >= 0.3 is 6.03 Å². The van der Waals surface area contributed by atoms with Gasteiger partial charge in [-0.25, -0.2) is 4.79 Å². The molecule has 0 saturated carbocycles. The summed E-state index contributed by atoms with van der Waals surface area (Å²) in [6.45, 7) is 6.82. The maximum absolute atomic E-state index is 12.0. The van der Waals surface area contributed by atoms with Crippen molar-refractivity contribution in [3.05, 3.63) is 35.5 Å². The van der Waals surface area contributed by atoms with Gasteiger partial charge in [0.2, 0.25) is 0 Å². The molecule has 5 heteroatoms. The molecule has 1 aromatic carbocycles. The molecule has 1 heterocycles. The second-order valence-electron chi connectivity index (χ2n) is 6.32. The van der Waals surface area contributed by atoms with Gasteiger partial charge < -0.3 is 20.7 Å². The summed E-state index contributed by atoms with van der Waals surface area (Å²) in [5.74, 6) is 0.296. The molecule has 0 spiro atoms. The van der Waals surface area contributed by atoms with E-state index in [1.165, 1.54) is 16.5 Å². The number of fused-ring (bicyclic) bond motifs is 1. The fourth-order valence-electron chi connectivity index (χ4n) is 2.81. The lowest BCUT2D eigenvalue weighted by molar-refractivity contribution is 0.219. The molecule has 0 bridgehead atoms. The van der Waals surface area contributed by atoms with E-state index in [4.69, 9.17) is 5.11 Å². The average molecular weight is 317 g/mol. The molecule has 0 aliphatic rings. The molecule has 23 heavy (non-hydrogen) atoms. The van der Waals surface area contributed by atoms with Crippen molar-refractivity contribution >= 4 is 16.9 Å². The second-order valence-corrected chi connectivity index (χ2v) is 6.32. The van der Waals surface area contributed by atoms with Crippen LogP contribution in [-0.4, -0.2) is 35.3 Å². The Morgan fingerprint density at radius 1 is 1.35 bits per heavy atom. The topological polar surface area (TPSA) is 77.2 Å². The number of urea groups is 1. The summed E-state index contributed by atoms with van der Waals surface area (Å²) < 4.78 is 0. The van der Waals surface area contributed by atoms with Gasteiger partial charge in [0, 0.05) is 36.3 Å². The number of amides is 2. The number of aliphatic hydroxyl groups excluding tert-OH is 1. The first-order valence-corrected chi connectivity index (χ1v) is 8.23. The first-order chi connectivity index (χ1) is 11.0. The summed E-state index contributed by atoms with van der Waals surface area (Å²) in [6, 6.07) is 6.06. The van der Waals surface area contributed by atoms with Gasteiger partial charge in [0.25, 0.3) is 0 Å². The molecular weight excluding hydrogens is 290 g/mol. The number of benzene rings is 1. The van der Waals surface area contributed by atoms with Crippen LogP contribution in [0.25, 0.3) is 10.9 Å². The quantitative estimate of drug-likeness (QED) is 0.634. The predicted molar refractivity (Wildman–Crippen MR) is 93.6 cm³/mol. The lowest BCUT2D eigenvalue weighted by Crippen LogP contribution is -2.45. The number of para-hydroxylation sites is 1. The van der Waals surface area contributed by atoms with E-state index in [0.29, 0.717) is 18.9 Å². The largest absolute Gasteiger partial charge is 0.396 e. The van der Waals surface area contributed by atoms with E-state index >= 15 is 0 Å². The van der Waals surface area contributed by atoms with Gasteiger partial charge in [0.15, 0.2) is 0 Å². The molecule has 1 unspecified atom stereocenters. The Hall–Kier alpha value is -2.01. The molecule has 2 amide bonds. The van der Waals surface area contributed by atoms with Crippen molar-refractivity contribution in [3.63, 3.8) is 0 Å². The number of aliphatic hydroxyl groups is 1. The standard InChI is InChI=1S/C18H27N3O2/c1-12(2)16(8-10-22)21-18(23)19-9-7-14-11-20-17-13(3)5-4-6-15(14)17/h4-6,11-12,16,20,22H,7-10H2,1-3H3,(H2,19,21,23). The Kier molecular flexibility index (Phi) is 6.04. The summed E-state index contributed by atoms with van der Waals surface area (Å²) in [7, 11) is 0. The summed E-state index contributed by atoms with van der Waals surface area (Å²) in [6.07, 6.45) is 3.37. The van der Waals surface area contributed by atoms with Crippen LogP contribution in [0.15, 0.2) is 24.4 Å². The number of rotatable bonds is 7. The smallest absolute Gasteiger partial charge is 0.315 e. The third-order valence-corrected chi connectivity index (χ3v) is 4.25. The molecular formula is C18H27N3O2. The zero-order valence-corrected chi connectivity index (χ0v) is 14.1. The first kappa shape index (κ1) is 17.3. The molecule has 1 aromatic heterocycles. The van der Waals surface area contributed by atoms with E-state index in [1.807, 2.05) is 20.0 Å². The maximum Gasteiger partial charge on any atom is 0.315 e. The van der Waals surface area contributed by atoms with Crippen LogP contribution < -0.4 is 10.6 Å². The summed E-state index contributed by atoms with van der Waals surface area (Å²) in [5, 5.41) is 16.1. The predicted octanol–water partition coefficient (Wildman–Crippen LogP) is 2.73. The van der Waals surface area contributed by atoms with Crippen molar-refractivity contribution in [3.8, 4) is 0 Å². The van der Waals surface area contributed by atoms with Crippen LogP contribution in [0.2, 0.25) is 0 Å². The lowest BCUT2D eigenvalue weighted by Gasteiger charge is -2.21. The summed E-state index contributed by atoms with van der Waals surface area (Å²) >= 11 is 0. The molecule has 4 N–H and O–H groups in total. The SMILES string of the molecule is Cc1cccc2c(CCNC(=O)NC(CCO)C(C)C)c[nH]c12. The third kappa shape index (κ3) is 4.48. The van der Waals surface area contributed by atoms with Crippen LogP contribution in [0.5, 0.6) is 0 Å². The number of aryl methyl sites for hydroxylation is 1. The van der Waals surface area contributed by atoms with Crippen LogP contribution in [0.3, 0.4) is 0 Å². The van der Waals surface area contributed by atoms with Gasteiger partial charge in [0.1, 0.15) is 0 Å². The number of hydrogen-bond acceptors (Lipinski definition) is 2. The number of aromatic amines is 1. The summed E-state index contributed by atoms with van der Waals surface area (Å²) in [4.78, 5) is 15.3. The molecule has 5 nitrogen and oxygen atoms in total. The highest BCUT2D eigenvalue weighted by Gasteiger charge is 2.15. The van der Waals surface area contributed by atoms with Crippen LogP contribution in [0.1, 0.15) is 31.4 Å². The molecule has 0 fully saturated rings. The van der Waals surface area contributed by atoms with E-state index in [-0.39, 0.29) is 18.7 Å². The fourth-order valence-corrected chi connectivity index (χ4v) is 2.81. The zero-order chi connectivity index (χ0) is 16.8. The summed E-state index contributed by atoms with van der Waals surface area (Å²) in [5.41, 5.74) is 3.60. The molecule has 0 aliphatic carbocycles. The highest BCUT2D eigenvalue weighted by molar-refractivity contribution is 5.85. The molecule has 0 aliphatic heterocycles. The van der Waals surface area contributed by atoms with Gasteiger partial charge in [0.05, 0.1) is 0 Å². The highest BCUT2D eigenvalue weighted by Crippen LogP contribution is 2.21. The minimum Gasteiger partial charge on any atom is -0.396 e. The number of carbonyl (C=O) groups is 1. The Bertz CT molecular complexity index is 649. The Morgan fingerprint density at radius 3 is 2.83 bits per heavy atom. The highest BCUT2D eigenvalue weighted by atomic mass is 16.3. The fraction of sp³-hybridized carbons (Fsp3) is 0.500. The Balaban J connectivity index is 1.86. The zero-order valence-electron chi connectivity index (χ0n) is 14.1. The van der Waals surface area contributed by atoms with Gasteiger partial charge in [-0.2, -0.15) is 0 Å². The van der Waals surface area contributed by atoms with Gasteiger partial charge in [-0.05, 0) is 36.8 Å². The van der Waals surface area contributed by atoms with Crippen molar-refractivity contribution in [1.29, 1.82) is 0 Å². The molecule has 2 aromatic rings. The first-order valence-electron chi connectivity index (χ1n) is 8.23. The molecule has 126 valence electrons. The minimum atomic E-state index is -0.173. The van der Waals surface area contributed by atoms with E-state index in [9.17, 15) is 4.79 Å². The van der Waals surface area contributed by atoms with Crippen molar-refractivity contribution in [2.24, 2.45) is 5.92 Å². The number of carbonyl (C=O) groups excluding carboxylic acids is 1. The Labute approximate surface area is 137 Å². The molecule has 2 rings (SSSR count). The molecule has 0 saturated heterocycles. The van der Waals surface area contributed by atoms with E-state index in [0.717, 1.165) is 11.9 Å². The number of hydrogen-bond donors (Lipinski definition) is 4. The average Bonchev–Trinajstić information content (AvgIpc) is 2.91. The number of H-pyrrole nitrogens is 1.